The number of benzene rings is 2. The van der Waals surface area contributed by atoms with Crippen molar-refractivity contribution < 1.29 is 9.84 Å². The van der Waals surface area contributed by atoms with E-state index in [2.05, 4.69) is 42.4 Å². The number of ether oxygens (including phenoxy) is 1. The maximum absolute atomic E-state index is 10.7. The van der Waals surface area contributed by atoms with Gasteiger partial charge in [0.05, 0.1) is 13.2 Å². The van der Waals surface area contributed by atoms with Gasteiger partial charge in [-0.1, -0.05) is 24.3 Å². The lowest BCUT2D eigenvalue weighted by Crippen LogP contribution is -2.27. The van der Waals surface area contributed by atoms with Crippen molar-refractivity contribution in [1.82, 2.24) is 4.90 Å². The van der Waals surface area contributed by atoms with Crippen LogP contribution in [0.5, 0.6) is 11.5 Å². The molecule has 0 radical (unpaired) electrons. The van der Waals surface area contributed by atoms with Crippen molar-refractivity contribution in [1.29, 1.82) is 0 Å². The molecular weight excluding hydrogens is 262 g/mol. The first-order valence-corrected chi connectivity index (χ1v) is 7.13. The van der Waals surface area contributed by atoms with Crippen LogP contribution < -0.4 is 4.74 Å². The molecule has 1 N–H and O–H groups in total. The van der Waals surface area contributed by atoms with Crippen LogP contribution in [0.4, 0.5) is 0 Å². The number of rotatable bonds is 1. The summed E-state index contributed by atoms with van der Waals surface area (Å²) in [5.74, 6) is 0.783. The van der Waals surface area contributed by atoms with Gasteiger partial charge in [0.2, 0.25) is 0 Å². The average Bonchev–Trinajstić information content (AvgIpc) is 2.52. The van der Waals surface area contributed by atoms with Gasteiger partial charge in [-0.3, -0.25) is 0 Å². The zero-order valence-electron chi connectivity index (χ0n) is 12.1. The normalized spacial score (nSPS) is 18.2. The van der Waals surface area contributed by atoms with Crippen molar-refractivity contribution in [3.05, 3.63) is 53.2 Å². The SMILES string of the molecule is COc1cc2c3c(c1O)-c1ccccc1CC3N(C)C=C2. The third-order valence-electron chi connectivity index (χ3n) is 4.57. The second-order valence-electron chi connectivity index (χ2n) is 5.66. The fraction of sp³-hybridized carbons (Fsp3) is 0.222. The zero-order valence-corrected chi connectivity index (χ0v) is 12.1. The highest BCUT2D eigenvalue weighted by Crippen LogP contribution is 2.51. The molecule has 0 saturated carbocycles. The van der Waals surface area contributed by atoms with E-state index in [4.69, 9.17) is 4.74 Å². The second kappa shape index (κ2) is 4.29. The van der Waals surface area contributed by atoms with Crippen LogP contribution in [0.25, 0.3) is 17.2 Å². The molecule has 1 heterocycles. The van der Waals surface area contributed by atoms with E-state index in [-0.39, 0.29) is 11.8 Å². The summed E-state index contributed by atoms with van der Waals surface area (Å²) in [7, 11) is 3.68. The molecule has 2 aromatic carbocycles. The lowest BCUT2D eigenvalue weighted by molar-refractivity contribution is 0.325. The number of nitrogens with zero attached hydrogens (tertiary/aromatic N) is 1. The third kappa shape index (κ3) is 1.60. The van der Waals surface area contributed by atoms with Gasteiger partial charge in [-0.2, -0.15) is 0 Å². The van der Waals surface area contributed by atoms with E-state index in [9.17, 15) is 5.11 Å². The molecule has 2 aliphatic rings. The number of aromatic hydroxyl groups is 1. The minimum atomic E-state index is 0.247. The lowest BCUT2D eigenvalue weighted by atomic mass is 9.78. The van der Waals surface area contributed by atoms with Gasteiger partial charge in [0, 0.05) is 12.6 Å². The number of phenols is 1. The van der Waals surface area contributed by atoms with Gasteiger partial charge in [-0.15, -0.1) is 0 Å². The molecule has 3 heteroatoms. The van der Waals surface area contributed by atoms with Crippen LogP contribution in [0, 0.1) is 0 Å². The molecule has 0 aromatic heterocycles. The van der Waals surface area contributed by atoms with Gasteiger partial charge in [-0.25, -0.2) is 0 Å². The highest BCUT2D eigenvalue weighted by atomic mass is 16.5. The van der Waals surface area contributed by atoms with E-state index in [0.29, 0.717) is 5.75 Å². The molecule has 3 nitrogen and oxygen atoms in total. The molecule has 0 spiro atoms. The molecular formula is C18H17NO2. The predicted octanol–water partition coefficient (Wildman–Crippen LogP) is 3.58. The number of hydrogen-bond donors (Lipinski definition) is 1. The standard InChI is InChI=1S/C18H17NO2/c1-19-8-7-12-10-15(21-2)18(20)17-13-6-4-3-5-11(13)9-14(19)16(12)17/h3-8,10,14,20H,9H2,1-2H3. The Morgan fingerprint density at radius 1 is 1.29 bits per heavy atom. The molecule has 1 aliphatic carbocycles. The Bertz CT molecular complexity index is 764. The Balaban J connectivity index is 2.11. The smallest absolute Gasteiger partial charge is 0.166 e. The van der Waals surface area contributed by atoms with E-state index < -0.39 is 0 Å². The number of likely N-dealkylation sites (N-methyl/N-ethyl adjacent to an activating group) is 1. The molecule has 1 unspecified atom stereocenters. The van der Waals surface area contributed by atoms with Crippen LogP contribution >= 0.6 is 0 Å². The first-order valence-electron chi connectivity index (χ1n) is 7.13. The Morgan fingerprint density at radius 3 is 2.90 bits per heavy atom. The van der Waals surface area contributed by atoms with Crippen LogP contribution in [0.2, 0.25) is 0 Å². The molecule has 21 heavy (non-hydrogen) atoms. The monoisotopic (exact) mass is 279 g/mol. The Hall–Kier alpha value is -2.42. The number of hydrogen-bond acceptors (Lipinski definition) is 3. The van der Waals surface area contributed by atoms with Gasteiger partial charge in [-0.05, 0) is 47.0 Å². The number of fused-ring (bicyclic) bond motifs is 2. The van der Waals surface area contributed by atoms with Crippen LogP contribution in [0.15, 0.2) is 36.5 Å². The Labute approximate surface area is 124 Å². The summed E-state index contributed by atoms with van der Waals surface area (Å²) in [5, 5.41) is 10.7. The highest BCUT2D eigenvalue weighted by Gasteiger charge is 2.33. The van der Waals surface area contributed by atoms with Gasteiger partial charge in [0.25, 0.3) is 0 Å². The summed E-state index contributed by atoms with van der Waals surface area (Å²) >= 11 is 0. The molecule has 1 aliphatic heterocycles. The first kappa shape index (κ1) is 12.3. The van der Waals surface area contributed by atoms with Crippen molar-refractivity contribution >= 4 is 6.08 Å². The van der Waals surface area contributed by atoms with Crippen molar-refractivity contribution in [2.75, 3.05) is 14.2 Å². The van der Waals surface area contributed by atoms with Crippen LogP contribution in [0.3, 0.4) is 0 Å². The summed E-state index contributed by atoms with van der Waals surface area (Å²) in [6, 6.07) is 10.5. The molecule has 0 amide bonds. The first-order chi connectivity index (χ1) is 10.2. The highest BCUT2D eigenvalue weighted by molar-refractivity contribution is 5.85. The quantitative estimate of drug-likeness (QED) is 0.866. The van der Waals surface area contributed by atoms with Crippen LogP contribution in [0.1, 0.15) is 22.7 Å². The molecule has 0 bridgehead atoms. The fourth-order valence-electron chi connectivity index (χ4n) is 3.51. The van der Waals surface area contributed by atoms with E-state index >= 15 is 0 Å². The molecule has 0 saturated heterocycles. The molecule has 106 valence electrons. The van der Waals surface area contributed by atoms with E-state index in [1.807, 2.05) is 12.1 Å². The topological polar surface area (TPSA) is 32.7 Å². The second-order valence-corrected chi connectivity index (χ2v) is 5.66. The average molecular weight is 279 g/mol. The summed E-state index contributed by atoms with van der Waals surface area (Å²) < 4.78 is 5.36. The summed E-state index contributed by atoms with van der Waals surface area (Å²) in [6.45, 7) is 0. The largest absolute Gasteiger partial charge is 0.504 e. The van der Waals surface area contributed by atoms with Gasteiger partial charge < -0.3 is 14.7 Å². The van der Waals surface area contributed by atoms with Crippen molar-refractivity contribution in [2.24, 2.45) is 0 Å². The van der Waals surface area contributed by atoms with Gasteiger partial charge in [0.1, 0.15) is 0 Å². The minimum absolute atomic E-state index is 0.247. The third-order valence-corrected chi connectivity index (χ3v) is 4.57. The van der Waals surface area contributed by atoms with Gasteiger partial charge in [0.15, 0.2) is 11.5 Å². The van der Waals surface area contributed by atoms with Crippen molar-refractivity contribution in [2.45, 2.75) is 12.5 Å². The molecule has 2 aromatic rings. The van der Waals surface area contributed by atoms with E-state index in [1.165, 1.54) is 11.1 Å². The van der Waals surface area contributed by atoms with Gasteiger partial charge >= 0.3 is 0 Å². The number of methoxy groups -OCH3 is 1. The lowest BCUT2D eigenvalue weighted by Gasteiger charge is -2.38. The molecule has 0 fully saturated rings. The Morgan fingerprint density at radius 2 is 2.10 bits per heavy atom. The van der Waals surface area contributed by atoms with E-state index in [1.54, 1.807) is 7.11 Å². The summed E-state index contributed by atoms with van der Waals surface area (Å²) in [5.41, 5.74) is 5.65. The van der Waals surface area contributed by atoms with Crippen molar-refractivity contribution in [3.8, 4) is 22.6 Å². The van der Waals surface area contributed by atoms with Crippen LogP contribution in [-0.4, -0.2) is 24.2 Å². The van der Waals surface area contributed by atoms with Crippen molar-refractivity contribution in [3.63, 3.8) is 0 Å². The maximum atomic E-state index is 10.7. The zero-order chi connectivity index (χ0) is 14.6. The minimum Gasteiger partial charge on any atom is -0.504 e. The fourth-order valence-corrected chi connectivity index (χ4v) is 3.51. The van der Waals surface area contributed by atoms with E-state index in [0.717, 1.165) is 23.1 Å². The Kier molecular flexibility index (Phi) is 2.52. The summed E-state index contributed by atoms with van der Waals surface area (Å²) in [6.07, 6.45) is 5.15. The van der Waals surface area contributed by atoms with Crippen LogP contribution in [-0.2, 0) is 6.42 Å². The number of phenolic OH excluding ortho intramolecular Hbond substituents is 1. The molecule has 4 rings (SSSR count). The predicted molar refractivity (Wildman–Crippen MR) is 83.3 cm³/mol. The maximum Gasteiger partial charge on any atom is 0.166 e. The summed E-state index contributed by atoms with van der Waals surface area (Å²) in [4.78, 5) is 2.22. The molecule has 1 atom stereocenters.